The Morgan fingerprint density at radius 3 is 2.88 bits per heavy atom. The molecule has 2 aromatic heterocycles. The Bertz CT molecular complexity index is 938. The van der Waals surface area contributed by atoms with E-state index in [1.54, 1.807) is 12.1 Å². The molecule has 1 aromatic carbocycles. The van der Waals surface area contributed by atoms with Crippen LogP contribution in [-0.4, -0.2) is 27.0 Å². The van der Waals surface area contributed by atoms with E-state index >= 15 is 0 Å². The molecule has 24 heavy (non-hydrogen) atoms. The molecule has 4 rings (SSSR count). The molecule has 1 saturated carbocycles. The fourth-order valence-corrected chi connectivity index (χ4v) is 2.77. The van der Waals surface area contributed by atoms with Gasteiger partial charge in [-0.2, -0.15) is 0 Å². The van der Waals surface area contributed by atoms with Crippen LogP contribution in [0, 0.1) is 11.7 Å². The predicted molar refractivity (Wildman–Crippen MR) is 85.9 cm³/mol. The Balaban J connectivity index is 1.76. The number of imidazole rings is 1. The van der Waals surface area contributed by atoms with Gasteiger partial charge in [-0.1, -0.05) is 17.7 Å². The van der Waals surface area contributed by atoms with Crippen molar-refractivity contribution in [2.45, 2.75) is 12.6 Å². The number of hydrogen-bond acceptors (Lipinski definition) is 3. The molecule has 1 unspecified atom stereocenters. The number of anilines is 1. The van der Waals surface area contributed by atoms with E-state index in [9.17, 15) is 13.6 Å². The van der Waals surface area contributed by atoms with Crippen molar-refractivity contribution < 1.29 is 13.6 Å². The van der Waals surface area contributed by atoms with Crippen LogP contribution in [0.2, 0.25) is 5.02 Å². The van der Waals surface area contributed by atoms with Gasteiger partial charge in [0.05, 0.1) is 22.0 Å². The average Bonchev–Trinajstić information content (AvgIpc) is 3.11. The molecule has 0 radical (unpaired) electrons. The number of H-pyrrole nitrogens is 1. The molecule has 0 bridgehead atoms. The van der Waals surface area contributed by atoms with E-state index < -0.39 is 23.8 Å². The second-order valence-electron chi connectivity index (χ2n) is 5.58. The van der Waals surface area contributed by atoms with Crippen molar-refractivity contribution in [3.05, 3.63) is 41.3 Å². The van der Waals surface area contributed by atoms with Crippen molar-refractivity contribution >= 4 is 34.4 Å². The molecule has 0 saturated heterocycles. The second-order valence-corrected chi connectivity index (χ2v) is 5.99. The zero-order valence-electron chi connectivity index (χ0n) is 12.2. The summed E-state index contributed by atoms with van der Waals surface area (Å²) in [5, 5.41) is 2.80. The second kappa shape index (κ2) is 5.52. The number of hydrogen-bond donors (Lipinski definition) is 2. The van der Waals surface area contributed by atoms with Crippen LogP contribution in [-0.2, 0) is 4.79 Å². The number of benzene rings is 1. The Labute approximate surface area is 140 Å². The molecule has 0 spiro atoms. The van der Waals surface area contributed by atoms with Crippen LogP contribution >= 0.6 is 11.6 Å². The number of amides is 1. The third kappa shape index (κ3) is 2.50. The number of alkyl halides is 1. The van der Waals surface area contributed by atoms with Gasteiger partial charge >= 0.3 is 0 Å². The minimum absolute atomic E-state index is 0.138. The summed E-state index contributed by atoms with van der Waals surface area (Å²) < 4.78 is 27.1. The molecule has 2 N–H and O–H groups in total. The highest BCUT2D eigenvalue weighted by Gasteiger charge is 2.43. The van der Waals surface area contributed by atoms with Crippen LogP contribution in [0.15, 0.2) is 30.5 Å². The van der Waals surface area contributed by atoms with E-state index in [0.29, 0.717) is 11.0 Å². The first-order valence-electron chi connectivity index (χ1n) is 7.28. The Hall–Kier alpha value is -2.54. The summed E-state index contributed by atoms with van der Waals surface area (Å²) in [5.74, 6) is -1.12. The summed E-state index contributed by atoms with van der Waals surface area (Å²) in [7, 11) is 0. The quantitative estimate of drug-likeness (QED) is 0.758. The minimum Gasteiger partial charge on any atom is -0.335 e. The van der Waals surface area contributed by atoms with E-state index in [-0.39, 0.29) is 28.6 Å². The summed E-state index contributed by atoms with van der Waals surface area (Å²) in [6, 6.07) is 5.96. The van der Waals surface area contributed by atoms with Crippen LogP contribution in [0.5, 0.6) is 0 Å². The molecular formula is C16H11ClF2N4O. The molecule has 5 nitrogen and oxygen atoms in total. The summed E-state index contributed by atoms with van der Waals surface area (Å²) in [5.41, 5.74) is 1.05. The first-order valence-corrected chi connectivity index (χ1v) is 7.66. The Morgan fingerprint density at radius 1 is 1.38 bits per heavy atom. The lowest BCUT2D eigenvalue weighted by Gasteiger charge is -2.04. The fourth-order valence-electron chi connectivity index (χ4n) is 2.52. The molecule has 0 aliphatic heterocycles. The highest BCUT2D eigenvalue weighted by Crippen LogP contribution is 2.35. The van der Waals surface area contributed by atoms with E-state index in [4.69, 9.17) is 11.6 Å². The zero-order valence-corrected chi connectivity index (χ0v) is 12.9. The summed E-state index contributed by atoms with van der Waals surface area (Å²) in [6.07, 6.45) is 0.588. The topological polar surface area (TPSA) is 70.7 Å². The minimum atomic E-state index is -1.10. The molecule has 3 aromatic rings. The van der Waals surface area contributed by atoms with Crippen molar-refractivity contribution in [2.75, 3.05) is 5.32 Å². The van der Waals surface area contributed by atoms with Gasteiger partial charge in [-0.3, -0.25) is 4.79 Å². The highest BCUT2D eigenvalue weighted by molar-refractivity contribution is 6.33. The zero-order chi connectivity index (χ0) is 16.8. The number of carbonyl (C=O) groups excluding carboxylic acids is 1. The molecule has 1 fully saturated rings. The lowest BCUT2D eigenvalue weighted by atomic mass is 10.2. The Morgan fingerprint density at radius 2 is 2.17 bits per heavy atom. The van der Waals surface area contributed by atoms with Gasteiger partial charge < -0.3 is 10.3 Å². The van der Waals surface area contributed by atoms with Gasteiger partial charge in [-0.15, -0.1) is 0 Å². The average molecular weight is 349 g/mol. The monoisotopic (exact) mass is 348 g/mol. The van der Waals surface area contributed by atoms with Crippen molar-refractivity contribution in [2.24, 2.45) is 5.92 Å². The summed E-state index contributed by atoms with van der Waals surface area (Å²) in [4.78, 5) is 23.2. The van der Waals surface area contributed by atoms with Crippen LogP contribution in [0.25, 0.3) is 22.4 Å². The maximum Gasteiger partial charge on any atom is 0.231 e. The van der Waals surface area contributed by atoms with Crippen molar-refractivity contribution in [3.8, 4) is 11.4 Å². The molecule has 1 aliphatic rings. The molecule has 8 heteroatoms. The van der Waals surface area contributed by atoms with E-state index in [1.165, 1.54) is 18.3 Å². The van der Waals surface area contributed by atoms with E-state index in [0.717, 1.165) is 0 Å². The molecular weight excluding hydrogens is 338 g/mol. The molecule has 122 valence electrons. The molecule has 1 aliphatic carbocycles. The first kappa shape index (κ1) is 15.0. The smallest absolute Gasteiger partial charge is 0.231 e. The van der Waals surface area contributed by atoms with Gasteiger partial charge in [0.15, 0.2) is 5.82 Å². The number of aromatic nitrogens is 3. The van der Waals surface area contributed by atoms with Crippen LogP contribution in [0.1, 0.15) is 6.42 Å². The third-order valence-electron chi connectivity index (χ3n) is 3.90. The van der Waals surface area contributed by atoms with Gasteiger partial charge in [0.1, 0.15) is 23.3 Å². The van der Waals surface area contributed by atoms with Crippen LogP contribution < -0.4 is 5.32 Å². The fraction of sp³-hybridized carbons (Fsp3) is 0.188. The first-order chi connectivity index (χ1) is 11.5. The van der Waals surface area contributed by atoms with Crippen molar-refractivity contribution in [1.82, 2.24) is 15.0 Å². The number of aromatic amines is 1. The summed E-state index contributed by atoms with van der Waals surface area (Å²) >= 11 is 6.05. The Kier molecular flexibility index (Phi) is 3.45. The number of carbonyl (C=O) groups is 1. The molecule has 2 heterocycles. The number of rotatable bonds is 3. The van der Waals surface area contributed by atoms with Gasteiger partial charge in [0, 0.05) is 6.20 Å². The maximum absolute atomic E-state index is 14.1. The van der Waals surface area contributed by atoms with E-state index in [1.807, 2.05) is 0 Å². The summed E-state index contributed by atoms with van der Waals surface area (Å²) in [6.45, 7) is 0. The lowest BCUT2D eigenvalue weighted by Crippen LogP contribution is -2.16. The molecule has 1 amide bonds. The lowest BCUT2D eigenvalue weighted by molar-refractivity contribution is -0.117. The highest BCUT2D eigenvalue weighted by atomic mass is 35.5. The molecule has 2 atom stereocenters. The largest absolute Gasteiger partial charge is 0.335 e. The van der Waals surface area contributed by atoms with Gasteiger partial charge in [0.2, 0.25) is 5.91 Å². The number of halogens is 3. The number of fused-ring (bicyclic) bond motifs is 1. The normalized spacial score (nSPS) is 19.5. The third-order valence-corrected chi connectivity index (χ3v) is 4.21. The van der Waals surface area contributed by atoms with Crippen molar-refractivity contribution in [1.29, 1.82) is 0 Å². The van der Waals surface area contributed by atoms with Gasteiger partial charge in [-0.05, 0) is 24.6 Å². The number of nitrogens with zero attached hydrogens (tertiary/aromatic N) is 2. The van der Waals surface area contributed by atoms with Crippen LogP contribution in [0.3, 0.4) is 0 Å². The maximum atomic E-state index is 14.1. The predicted octanol–water partition coefficient (Wildman–Crippen LogP) is 3.71. The van der Waals surface area contributed by atoms with Gasteiger partial charge in [0.25, 0.3) is 0 Å². The van der Waals surface area contributed by atoms with E-state index in [2.05, 4.69) is 20.3 Å². The SMILES string of the molecule is O=C(Nc1nccc2nc(-c3c(F)cccc3Cl)[nH]c12)C1C[C@H]1F. The van der Waals surface area contributed by atoms with Crippen molar-refractivity contribution in [3.63, 3.8) is 0 Å². The number of nitrogens with one attached hydrogen (secondary N) is 2. The van der Waals surface area contributed by atoms with Gasteiger partial charge in [-0.25, -0.2) is 18.7 Å². The standard InChI is InChI=1S/C16H11ClF2N4O/c17-8-2-1-3-9(18)12(8)14-21-11-4-5-20-15(13(11)22-14)23-16(24)7-6-10(7)19/h1-5,7,10H,6H2,(H,21,22)(H,20,23,24)/t7?,10-/m1/s1. The van der Waals surface area contributed by atoms with Crippen LogP contribution in [0.4, 0.5) is 14.6 Å². The number of pyridine rings is 1.